The Balaban J connectivity index is 2.14. The second kappa shape index (κ2) is 5.74. The molecule has 3 N–H and O–H groups in total. The van der Waals surface area contributed by atoms with E-state index in [1.54, 1.807) is 7.05 Å². The van der Waals surface area contributed by atoms with Crippen molar-refractivity contribution in [2.75, 3.05) is 20.3 Å². The lowest BCUT2D eigenvalue weighted by molar-refractivity contribution is -0.145. The highest BCUT2D eigenvalue weighted by Crippen LogP contribution is 2.42. The van der Waals surface area contributed by atoms with Gasteiger partial charge in [-0.3, -0.25) is 4.79 Å². The van der Waals surface area contributed by atoms with Gasteiger partial charge in [0.2, 0.25) is 5.91 Å². The number of carbonyl (C=O) groups excluding carboxylic acids is 1. The number of aromatic amines is 1. The van der Waals surface area contributed by atoms with Crippen molar-refractivity contribution >= 4 is 16.8 Å². The Bertz CT molecular complexity index is 694. The van der Waals surface area contributed by atoms with E-state index in [2.05, 4.69) is 16.4 Å². The Morgan fingerprint density at radius 2 is 2.27 bits per heavy atom. The van der Waals surface area contributed by atoms with Crippen molar-refractivity contribution in [1.82, 2.24) is 10.3 Å². The third kappa shape index (κ3) is 2.21. The fourth-order valence-corrected chi connectivity index (χ4v) is 3.56. The van der Waals surface area contributed by atoms with Crippen LogP contribution in [0.1, 0.15) is 24.6 Å². The Morgan fingerprint density at radius 1 is 1.50 bits per heavy atom. The quantitative estimate of drug-likeness (QED) is 0.805. The summed E-state index contributed by atoms with van der Waals surface area (Å²) in [5.74, 6) is -0.544. The molecule has 0 radical (unpaired) electrons. The SMILES string of the molecule is CNC(=O)C(CCO)C1(C)OCCc2c1[nH]c1ccccc21. The Labute approximate surface area is 129 Å². The van der Waals surface area contributed by atoms with Crippen LogP contribution in [0.2, 0.25) is 0 Å². The number of amides is 1. The van der Waals surface area contributed by atoms with E-state index in [9.17, 15) is 9.90 Å². The minimum atomic E-state index is -0.755. The largest absolute Gasteiger partial charge is 0.396 e. The predicted molar refractivity (Wildman–Crippen MR) is 84.6 cm³/mol. The topological polar surface area (TPSA) is 74.3 Å². The zero-order valence-corrected chi connectivity index (χ0v) is 13.0. The van der Waals surface area contributed by atoms with E-state index in [1.165, 1.54) is 10.9 Å². The van der Waals surface area contributed by atoms with Crippen molar-refractivity contribution in [2.24, 2.45) is 5.92 Å². The van der Waals surface area contributed by atoms with E-state index in [-0.39, 0.29) is 12.5 Å². The second-order valence-electron chi connectivity index (χ2n) is 5.91. The molecule has 3 rings (SSSR count). The molecule has 1 aliphatic heterocycles. The van der Waals surface area contributed by atoms with Crippen LogP contribution < -0.4 is 5.32 Å². The van der Waals surface area contributed by atoms with Crippen LogP contribution in [0.25, 0.3) is 10.9 Å². The highest BCUT2D eigenvalue weighted by atomic mass is 16.5. The normalized spacial score (nSPS) is 22.3. The summed E-state index contributed by atoms with van der Waals surface area (Å²) in [5.41, 5.74) is 2.48. The third-order valence-corrected chi connectivity index (χ3v) is 4.71. The zero-order chi connectivity index (χ0) is 15.7. The average molecular weight is 302 g/mol. The number of carbonyl (C=O) groups is 1. The fraction of sp³-hybridized carbons (Fsp3) is 0.471. The first-order chi connectivity index (χ1) is 10.6. The molecule has 0 spiro atoms. The molecule has 118 valence electrons. The number of hydrogen-bond donors (Lipinski definition) is 3. The summed E-state index contributed by atoms with van der Waals surface area (Å²) >= 11 is 0. The number of para-hydroxylation sites is 1. The van der Waals surface area contributed by atoms with Crippen molar-refractivity contribution in [3.8, 4) is 0 Å². The molecule has 2 heterocycles. The van der Waals surface area contributed by atoms with Gasteiger partial charge in [-0.15, -0.1) is 0 Å². The Hall–Kier alpha value is -1.85. The molecule has 5 heteroatoms. The maximum absolute atomic E-state index is 12.3. The highest BCUT2D eigenvalue weighted by molar-refractivity contribution is 5.86. The first-order valence-corrected chi connectivity index (χ1v) is 7.68. The van der Waals surface area contributed by atoms with Gasteiger partial charge in [-0.05, 0) is 31.4 Å². The number of aromatic nitrogens is 1. The summed E-state index contributed by atoms with van der Waals surface area (Å²) in [7, 11) is 1.62. The molecule has 0 fully saturated rings. The van der Waals surface area contributed by atoms with Crippen molar-refractivity contribution < 1.29 is 14.6 Å². The number of rotatable bonds is 4. The monoisotopic (exact) mass is 302 g/mol. The number of aliphatic hydroxyl groups is 1. The van der Waals surface area contributed by atoms with Gasteiger partial charge in [-0.1, -0.05) is 18.2 Å². The fourth-order valence-electron chi connectivity index (χ4n) is 3.56. The second-order valence-corrected chi connectivity index (χ2v) is 5.91. The summed E-state index contributed by atoms with van der Waals surface area (Å²) < 4.78 is 6.06. The van der Waals surface area contributed by atoms with Gasteiger partial charge in [0.1, 0.15) is 5.60 Å². The molecule has 0 saturated heterocycles. The van der Waals surface area contributed by atoms with Gasteiger partial charge < -0.3 is 20.1 Å². The maximum Gasteiger partial charge on any atom is 0.226 e. The predicted octanol–water partition coefficient (Wildman–Crippen LogP) is 1.70. The number of benzene rings is 1. The Kier molecular flexibility index (Phi) is 3.93. The number of nitrogens with one attached hydrogen (secondary N) is 2. The molecule has 0 aliphatic carbocycles. The van der Waals surface area contributed by atoms with Gasteiger partial charge in [0.15, 0.2) is 0 Å². The van der Waals surface area contributed by atoms with Crippen LogP contribution in [0.15, 0.2) is 24.3 Å². The first kappa shape index (κ1) is 15.1. The molecule has 1 aromatic heterocycles. The highest BCUT2D eigenvalue weighted by Gasteiger charge is 2.45. The van der Waals surface area contributed by atoms with Crippen LogP contribution in [-0.2, 0) is 21.6 Å². The lowest BCUT2D eigenvalue weighted by Gasteiger charge is -2.39. The lowest BCUT2D eigenvalue weighted by atomic mass is 9.79. The molecule has 2 aromatic rings. The van der Waals surface area contributed by atoms with E-state index in [1.807, 2.05) is 25.1 Å². The van der Waals surface area contributed by atoms with Gasteiger partial charge in [-0.25, -0.2) is 0 Å². The number of ether oxygens (including phenoxy) is 1. The van der Waals surface area contributed by atoms with Crippen LogP contribution in [0.3, 0.4) is 0 Å². The molecule has 2 atom stereocenters. The molecular formula is C17H22N2O3. The summed E-state index contributed by atoms with van der Waals surface area (Å²) in [6, 6.07) is 8.14. The van der Waals surface area contributed by atoms with Crippen LogP contribution >= 0.6 is 0 Å². The van der Waals surface area contributed by atoms with E-state index < -0.39 is 11.5 Å². The summed E-state index contributed by atoms with van der Waals surface area (Å²) in [6.07, 6.45) is 1.19. The summed E-state index contributed by atoms with van der Waals surface area (Å²) in [4.78, 5) is 15.8. The minimum Gasteiger partial charge on any atom is -0.396 e. The maximum atomic E-state index is 12.3. The summed E-state index contributed by atoms with van der Waals surface area (Å²) in [5, 5.41) is 13.2. The van der Waals surface area contributed by atoms with Crippen LogP contribution in [0, 0.1) is 5.92 Å². The number of fused-ring (bicyclic) bond motifs is 3. The average Bonchev–Trinajstić information content (AvgIpc) is 2.92. The van der Waals surface area contributed by atoms with Crippen LogP contribution in [0.4, 0.5) is 0 Å². The van der Waals surface area contributed by atoms with Gasteiger partial charge in [0.25, 0.3) is 0 Å². The standard InChI is InChI=1S/C17H22N2O3/c1-17(13(7-9-20)16(21)18-2)15-12(8-10-22-17)11-5-3-4-6-14(11)19-15/h3-6,13,19-20H,7-10H2,1-2H3,(H,18,21). The molecule has 1 aromatic carbocycles. The van der Waals surface area contributed by atoms with Crippen molar-refractivity contribution in [1.29, 1.82) is 0 Å². The number of hydrogen-bond acceptors (Lipinski definition) is 3. The van der Waals surface area contributed by atoms with Gasteiger partial charge in [0.05, 0.1) is 18.2 Å². The van der Waals surface area contributed by atoms with E-state index in [0.717, 1.165) is 17.6 Å². The minimum absolute atomic E-state index is 0.0490. The van der Waals surface area contributed by atoms with Gasteiger partial charge in [0, 0.05) is 24.6 Å². The molecule has 2 unspecified atom stereocenters. The molecule has 0 bridgehead atoms. The summed E-state index contributed by atoms with van der Waals surface area (Å²) in [6.45, 7) is 2.47. The molecule has 22 heavy (non-hydrogen) atoms. The number of H-pyrrole nitrogens is 1. The van der Waals surface area contributed by atoms with Crippen molar-refractivity contribution in [3.63, 3.8) is 0 Å². The molecule has 0 saturated carbocycles. The molecular weight excluding hydrogens is 280 g/mol. The zero-order valence-electron chi connectivity index (χ0n) is 13.0. The van der Waals surface area contributed by atoms with Gasteiger partial charge in [-0.2, -0.15) is 0 Å². The van der Waals surface area contributed by atoms with Crippen molar-refractivity contribution in [2.45, 2.75) is 25.4 Å². The van der Waals surface area contributed by atoms with Crippen LogP contribution in [0.5, 0.6) is 0 Å². The molecule has 1 amide bonds. The van der Waals surface area contributed by atoms with E-state index in [4.69, 9.17) is 4.74 Å². The lowest BCUT2D eigenvalue weighted by Crippen LogP contribution is -2.47. The van der Waals surface area contributed by atoms with Gasteiger partial charge >= 0.3 is 0 Å². The smallest absolute Gasteiger partial charge is 0.226 e. The molecule has 1 aliphatic rings. The van der Waals surface area contributed by atoms with E-state index >= 15 is 0 Å². The van der Waals surface area contributed by atoms with E-state index in [0.29, 0.717) is 13.0 Å². The van der Waals surface area contributed by atoms with Crippen LogP contribution in [-0.4, -0.2) is 36.3 Å². The molecule has 5 nitrogen and oxygen atoms in total. The third-order valence-electron chi connectivity index (χ3n) is 4.71. The Morgan fingerprint density at radius 3 is 3.00 bits per heavy atom. The number of aliphatic hydroxyl groups excluding tert-OH is 1. The first-order valence-electron chi connectivity index (χ1n) is 7.68. The van der Waals surface area contributed by atoms with Crippen molar-refractivity contribution in [3.05, 3.63) is 35.5 Å².